The molecule has 0 amide bonds. The smallest absolute Gasteiger partial charge is 0.248 e. The van der Waals surface area contributed by atoms with Gasteiger partial charge in [0.1, 0.15) is 0 Å². The summed E-state index contributed by atoms with van der Waals surface area (Å²) in [5.41, 5.74) is 3.84. The van der Waals surface area contributed by atoms with Crippen LogP contribution in [0.15, 0.2) is 0 Å². The summed E-state index contributed by atoms with van der Waals surface area (Å²) < 4.78 is 50.3. The van der Waals surface area contributed by atoms with E-state index >= 15 is 0 Å². The summed E-state index contributed by atoms with van der Waals surface area (Å²) in [5.74, 6) is -2.77. The first-order valence-electron chi connectivity index (χ1n) is 4.28. The monoisotopic (exact) mass is 199 g/mol. The standard InChI is InChI=1S/C8H13F4N/c9-6(10)7(5-13)1-3-8(11,12)4-2-7/h6H,1-5,13H2. The first-order valence-corrected chi connectivity index (χ1v) is 4.28. The minimum Gasteiger partial charge on any atom is -0.330 e. The van der Waals surface area contributed by atoms with Crippen LogP contribution in [-0.2, 0) is 0 Å². The lowest BCUT2D eigenvalue weighted by molar-refractivity contribution is -0.107. The molecule has 2 N–H and O–H groups in total. The molecule has 0 spiro atoms. The van der Waals surface area contributed by atoms with Crippen molar-refractivity contribution in [1.82, 2.24) is 0 Å². The van der Waals surface area contributed by atoms with E-state index in [0.717, 1.165) is 0 Å². The Hall–Kier alpha value is -0.320. The molecular weight excluding hydrogens is 186 g/mol. The fraction of sp³-hybridized carbons (Fsp3) is 1.00. The number of hydrogen-bond acceptors (Lipinski definition) is 1. The van der Waals surface area contributed by atoms with Crippen LogP contribution in [0.4, 0.5) is 17.6 Å². The van der Waals surface area contributed by atoms with Gasteiger partial charge in [0.2, 0.25) is 12.3 Å². The van der Waals surface area contributed by atoms with Crippen LogP contribution in [0.1, 0.15) is 25.7 Å². The minimum atomic E-state index is -2.77. The summed E-state index contributed by atoms with van der Waals surface area (Å²) in [7, 11) is 0. The molecule has 0 aliphatic heterocycles. The number of alkyl halides is 4. The van der Waals surface area contributed by atoms with Gasteiger partial charge in [0.25, 0.3) is 0 Å². The van der Waals surface area contributed by atoms with Gasteiger partial charge in [-0.3, -0.25) is 0 Å². The summed E-state index contributed by atoms with van der Waals surface area (Å²) in [6.45, 7) is -0.208. The number of hydrogen-bond donors (Lipinski definition) is 1. The van der Waals surface area contributed by atoms with Crippen molar-refractivity contribution in [3.63, 3.8) is 0 Å². The molecule has 1 fully saturated rings. The van der Waals surface area contributed by atoms with Crippen LogP contribution in [0.2, 0.25) is 0 Å². The zero-order chi connectivity index (χ0) is 10.1. The molecule has 1 aliphatic rings. The van der Waals surface area contributed by atoms with E-state index in [2.05, 4.69) is 0 Å². The Bertz CT molecular complexity index is 171. The quantitative estimate of drug-likeness (QED) is 0.679. The Morgan fingerprint density at radius 2 is 1.54 bits per heavy atom. The van der Waals surface area contributed by atoms with Gasteiger partial charge in [0, 0.05) is 24.8 Å². The molecule has 0 radical (unpaired) electrons. The van der Waals surface area contributed by atoms with Crippen LogP contribution in [0, 0.1) is 5.41 Å². The highest BCUT2D eigenvalue weighted by Crippen LogP contribution is 2.46. The maximum atomic E-state index is 12.7. The largest absolute Gasteiger partial charge is 0.330 e. The van der Waals surface area contributed by atoms with Gasteiger partial charge in [-0.1, -0.05) is 0 Å². The molecule has 1 nitrogen and oxygen atoms in total. The van der Waals surface area contributed by atoms with Crippen molar-refractivity contribution in [1.29, 1.82) is 0 Å². The highest BCUT2D eigenvalue weighted by atomic mass is 19.3. The molecule has 13 heavy (non-hydrogen) atoms. The van der Waals surface area contributed by atoms with Crippen LogP contribution < -0.4 is 5.73 Å². The van der Waals surface area contributed by atoms with E-state index in [0.29, 0.717) is 0 Å². The predicted molar refractivity (Wildman–Crippen MR) is 40.9 cm³/mol. The SMILES string of the molecule is NCC1(C(F)F)CCC(F)(F)CC1. The average Bonchev–Trinajstić information content (AvgIpc) is 2.05. The fourth-order valence-electron chi connectivity index (χ4n) is 1.63. The number of rotatable bonds is 2. The third kappa shape index (κ3) is 2.13. The second-order valence-corrected chi connectivity index (χ2v) is 3.72. The molecule has 0 saturated heterocycles. The highest BCUT2D eigenvalue weighted by Gasteiger charge is 2.47. The van der Waals surface area contributed by atoms with Gasteiger partial charge in [0.05, 0.1) is 0 Å². The van der Waals surface area contributed by atoms with Gasteiger partial charge in [0.15, 0.2) is 0 Å². The summed E-state index contributed by atoms with van der Waals surface area (Å²) in [4.78, 5) is 0. The molecule has 0 bridgehead atoms. The lowest BCUT2D eigenvalue weighted by Crippen LogP contribution is -2.43. The number of nitrogens with two attached hydrogens (primary N) is 1. The molecule has 0 aromatic carbocycles. The van der Waals surface area contributed by atoms with Gasteiger partial charge in [-0.15, -0.1) is 0 Å². The van der Waals surface area contributed by atoms with Crippen LogP contribution in [-0.4, -0.2) is 18.9 Å². The van der Waals surface area contributed by atoms with Crippen LogP contribution >= 0.6 is 0 Å². The van der Waals surface area contributed by atoms with E-state index in [-0.39, 0.29) is 19.4 Å². The minimum absolute atomic E-state index is 0.172. The Balaban J connectivity index is 2.63. The van der Waals surface area contributed by atoms with Crippen molar-refractivity contribution >= 4 is 0 Å². The molecule has 0 aromatic rings. The third-order valence-corrected chi connectivity index (χ3v) is 2.85. The summed E-state index contributed by atoms with van der Waals surface area (Å²) >= 11 is 0. The molecule has 0 aromatic heterocycles. The Labute approximate surface area is 74.3 Å². The van der Waals surface area contributed by atoms with E-state index in [1.54, 1.807) is 0 Å². The second kappa shape index (κ2) is 3.44. The molecular formula is C8H13F4N. The van der Waals surface area contributed by atoms with E-state index in [4.69, 9.17) is 5.73 Å². The Morgan fingerprint density at radius 3 is 1.85 bits per heavy atom. The lowest BCUT2D eigenvalue weighted by atomic mass is 9.73. The molecule has 0 atom stereocenters. The van der Waals surface area contributed by atoms with E-state index in [1.807, 2.05) is 0 Å². The van der Waals surface area contributed by atoms with Crippen molar-refractivity contribution in [2.24, 2.45) is 11.1 Å². The van der Waals surface area contributed by atoms with E-state index in [9.17, 15) is 17.6 Å². The highest BCUT2D eigenvalue weighted by molar-refractivity contribution is 4.91. The molecule has 5 heteroatoms. The molecule has 1 aliphatic carbocycles. The first-order chi connectivity index (χ1) is 5.92. The Kier molecular flexibility index (Phi) is 2.85. The van der Waals surface area contributed by atoms with Crippen molar-refractivity contribution in [3.8, 4) is 0 Å². The van der Waals surface area contributed by atoms with Gasteiger partial charge in [-0.25, -0.2) is 17.6 Å². The molecule has 1 rings (SSSR count). The predicted octanol–water partition coefficient (Wildman–Crippen LogP) is 2.41. The fourth-order valence-corrected chi connectivity index (χ4v) is 1.63. The average molecular weight is 199 g/mol. The lowest BCUT2D eigenvalue weighted by Gasteiger charge is -2.38. The summed E-state index contributed by atoms with van der Waals surface area (Å²) in [5, 5.41) is 0. The maximum Gasteiger partial charge on any atom is 0.248 e. The first kappa shape index (κ1) is 10.8. The van der Waals surface area contributed by atoms with Gasteiger partial charge in [-0.2, -0.15) is 0 Å². The normalized spacial score (nSPS) is 26.3. The molecule has 0 unspecified atom stereocenters. The topological polar surface area (TPSA) is 26.0 Å². The zero-order valence-corrected chi connectivity index (χ0v) is 7.20. The molecule has 0 heterocycles. The van der Waals surface area contributed by atoms with Crippen LogP contribution in [0.25, 0.3) is 0 Å². The zero-order valence-electron chi connectivity index (χ0n) is 7.20. The van der Waals surface area contributed by atoms with E-state index in [1.165, 1.54) is 0 Å². The number of halogens is 4. The van der Waals surface area contributed by atoms with Gasteiger partial charge < -0.3 is 5.73 Å². The second-order valence-electron chi connectivity index (χ2n) is 3.72. The van der Waals surface area contributed by atoms with Crippen molar-refractivity contribution in [2.75, 3.05) is 6.54 Å². The summed E-state index contributed by atoms with van der Waals surface area (Å²) in [6.07, 6.45) is -3.86. The summed E-state index contributed by atoms with van der Waals surface area (Å²) in [6, 6.07) is 0. The van der Waals surface area contributed by atoms with Crippen molar-refractivity contribution < 1.29 is 17.6 Å². The van der Waals surface area contributed by atoms with Crippen LogP contribution in [0.3, 0.4) is 0 Å². The van der Waals surface area contributed by atoms with Gasteiger partial charge >= 0.3 is 0 Å². The van der Waals surface area contributed by atoms with Crippen LogP contribution in [0.5, 0.6) is 0 Å². The third-order valence-electron chi connectivity index (χ3n) is 2.85. The molecule has 1 saturated carbocycles. The van der Waals surface area contributed by atoms with Crippen molar-refractivity contribution in [3.05, 3.63) is 0 Å². The van der Waals surface area contributed by atoms with Crippen molar-refractivity contribution in [2.45, 2.75) is 38.0 Å². The Morgan fingerprint density at radius 1 is 1.08 bits per heavy atom. The maximum absolute atomic E-state index is 12.7. The van der Waals surface area contributed by atoms with Gasteiger partial charge in [-0.05, 0) is 12.8 Å². The van der Waals surface area contributed by atoms with E-state index < -0.39 is 30.6 Å². The molecule has 78 valence electrons.